The highest BCUT2D eigenvalue weighted by Crippen LogP contribution is 2.29. The smallest absolute Gasteiger partial charge is 0.317 e. The second kappa shape index (κ2) is 12.2. The average Bonchev–Trinajstić information content (AvgIpc) is 2.83. The maximum atomic E-state index is 13.4. The van der Waals surface area contributed by atoms with Crippen LogP contribution in [0.15, 0.2) is 60.2 Å². The Hall–Kier alpha value is -3.39. The number of hydrogen-bond acceptors (Lipinski definition) is 4. The van der Waals surface area contributed by atoms with Crippen LogP contribution < -0.4 is 15.4 Å². The van der Waals surface area contributed by atoms with E-state index in [1.54, 1.807) is 23.1 Å². The molecule has 0 bridgehead atoms. The Kier molecular flexibility index (Phi) is 9.04. The Balaban J connectivity index is 1.89. The summed E-state index contributed by atoms with van der Waals surface area (Å²) in [5.41, 5.74) is 2.25. The van der Waals surface area contributed by atoms with Crippen molar-refractivity contribution in [3.8, 4) is 5.75 Å². The molecule has 2 atom stereocenters. The molecule has 0 radical (unpaired) electrons. The maximum absolute atomic E-state index is 13.4. The molecular weight excluding hydrogens is 437 g/mol. The van der Waals surface area contributed by atoms with Crippen LogP contribution in [0.1, 0.15) is 30.9 Å². The average molecular weight is 470 g/mol. The third-order valence-corrected chi connectivity index (χ3v) is 5.70. The van der Waals surface area contributed by atoms with Crippen LogP contribution in [0.4, 0.5) is 9.18 Å². The van der Waals surface area contributed by atoms with Crippen LogP contribution in [0.5, 0.6) is 5.75 Å². The van der Waals surface area contributed by atoms with E-state index in [0.29, 0.717) is 30.7 Å². The number of carbonyl (C=O) groups excluding carboxylic acids is 2. The summed E-state index contributed by atoms with van der Waals surface area (Å²) in [5.74, 6) is 0.0702. The number of nitrogens with one attached hydrogen (secondary N) is 2. The molecule has 0 heterocycles. The van der Waals surface area contributed by atoms with Gasteiger partial charge in [-0.15, -0.1) is 0 Å². The molecule has 8 heteroatoms. The number of ether oxygens (including phenoxy) is 1. The first kappa shape index (κ1) is 25.2. The summed E-state index contributed by atoms with van der Waals surface area (Å²) < 4.78 is 19.7. The number of nitrogens with zero attached hydrogens (tertiary/aromatic N) is 1. The molecule has 3 N–H and O–H groups in total. The number of aryl methyl sites for hydroxylation is 1. The van der Waals surface area contributed by atoms with Gasteiger partial charge < -0.3 is 25.4 Å². The highest BCUT2D eigenvalue weighted by Gasteiger charge is 2.33. The van der Waals surface area contributed by atoms with Crippen LogP contribution in [0.25, 0.3) is 0 Å². The Morgan fingerprint density at radius 1 is 1.15 bits per heavy atom. The molecule has 3 rings (SSSR count). The van der Waals surface area contributed by atoms with Gasteiger partial charge >= 0.3 is 6.03 Å². The molecule has 2 aromatic carbocycles. The second-order valence-electron chi connectivity index (χ2n) is 8.28. The predicted octanol–water partition coefficient (Wildman–Crippen LogP) is 3.31. The Bertz CT molecular complexity index is 1010. The summed E-state index contributed by atoms with van der Waals surface area (Å²) in [4.78, 5) is 27.5. The van der Waals surface area contributed by atoms with E-state index >= 15 is 0 Å². The van der Waals surface area contributed by atoms with E-state index < -0.39 is 6.10 Å². The van der Waals surface area contributed by atoms with Crippen molar-refractivity contribution in [2.75, 3.05) is 19.7 Å². The zero-order valence-corrected chi connectivity index (χ0v) is 19.6. The summed E-state index contributed by atoms with van der Waals surface area (Å²) in [7, 11) is 0. The largest absolute Gasteiger partial charge is 0.486 e. The standard InChI is InChI=1S/C26H32FN3O4/c1-3-28-26(33)30(17-19-8-10-21(27)11-9-19)22-14-20(25(32)29-12-13-31)15-23(16-22)34-24-7-5-4-6-18(24)2/h4-11,15,22-23,31H,3,12-14,16-17H2,1-2H3,(H,28,33)(H,29,32). The van der Waals surface area contributed by atoms with Crippen molar-refractivity contribution in [3.63, 3.8) is 0 Å². The predicted molar refractivity (Wildman–Crippen MR) is 128 cm³/mol. The molecule has 0 saturated carbocycles. The van der Waals surface area contributed by atoms with Crippen LogP contribution in [-0.4, -0.2) is 53.8 Å². The van der Waals surface area contributed by atoms with Gasteiger partial charge in [0, 0.05) is 37.7 Å². The minimum Gasteiger partial charge on any atom is -0.486 e. The molecule has 0 fully saturated rings. The molecule has 0 aliphatic heterocycles. The number of carbonyl (C=O) groups is 2. The van der Waals surface area contributed by atoms with Crippen LogP contribution in [0, 0.1) is 12.7 Å². The summed E-state index contributed by atoms with van der Waals surface area (Å²) in [6.07, 6.45) is 2.19. The van der Waals surface area contributed by atoms with Gasteiger partial charge in [-0.2, -0.15) is 0 Å². The fourth-order valence-corrected chi connectivity index (χ4v) is 3.99. The highest BCUT2D eigenvalue weighted by atomic mass is 19.1. The van der Waals surface area contributed by atoms with Crippen LogP contribution in [-0.2, 0) is 11.3 Å². The number of para-hydroxylation sites is 1. The van der Waals surface area contributed by atoms with Gasteiger partial charge in [0.15, 0.2) is 0 Å². The Morgan fingerprint density at radius 3 is 2.56 bits per heavy atom. The van der Waals surface area contributed by atoms with Crippen molar-refractivity contribution in [2.24, 2.45) is 0 Å². The molecule has 182 valence electrons. The van der Waals surface area contributed by atoms with Crippen LogP contribution in [0.3, 0.4) is 0 Å². The summed E-state index contributed by atoms with van der Waals surface area (Å²) in [6.45, 7) is 4.48. The molecule has 3 amide bonds. The van der Waals surface area contributed by atoms with Gasteiger partial charge in [0.1, 0.15) is 17.7 Å². The van der Waals surface area contributed by atoms with E-state index in [-0.39, 0.29) is 43.5 Å². The lowest BCUT2D eigenvalue weighted by atomic mass is 9.90. The van der Waals surface area contributed by atoms with E-state index in [0.717, 1.165) is 11.1 Å². The number of benzene rings is 2. The van der Waals surface area contributed by atoms with Crippen molar-refractivity contribution < 1.29 is 23.8 Å². The van der Waals surface area contributed by atoms with E-state index in [1.165, 1.54) is 12.1 Å². The monoisotopic (exact) mass is 469 g/mol. The number of hydrogen-bond donors (Lipinski definition) is 3. The first-order valence-corrected chi connectivity index (χ1v) is 11.5. The van der Waals surface area contributed by atoms with Crippen molar-refractivity contribution in [1.82, 2.24) is 15.5 Å². The van der Waals surface area contributed by atoms with Crippen molar-refractivity contribution >= 4 is 11.9 Å². The third kappa shape index (κ3) is 6.81. The number of urea groups is 1. The number of rotatable bonds is 9. The van der Waals surface area contributed by atoms with Gasteiger partial charge in [-0.3, -0.25) is 4.79 Å². The number of aliphatic hydroxyl groups excluding tert-OH is 1. The molecule has 0 saturated heterocycles. The molecule has 1 aliphatic carbocycles. The lowest BCUT2D eigenvalue weighted by molar-refractivity contribution is -0.118. The van der Waals surface area contributed by atoms with E-state index in [2.05, 4.69) is 10.6 Å². The Morgan fingerprint density at radius 2 is 1.88 bits per heavy atom. The highest BCUT2D eigenvalue weighted by molar-refractivity contribution is 5.93. The van der Waals surface area contributed by atoms with Gasteiger partial charge in [-0.05, 0) is 55.7 Å². The van der Waals surface area contributed by atoms with Crippen molar-refractivity contribution in [2.45, 2.75) is 45.4 Å². The fourth-order valence-electron chi connectivity index (χ4n) is 3.99. The minimum absolute atomic E-state index is 0.139. The molecule has 2 aromatic rings. The van der Waals surface area contributed by atoms with Crippen molar-refractivity contribution in [1.29, 1.82) is 0 Å². The van der Waals surface area contributed by atoms with Gasteiger partial charge in [-0.25, -0.2) is 9.18 Å². The minimum atomic E-state index is -0.431. The summed E-state index contributed by atoms with van der Waals surface area (Å²) >= 11 is 0. The number of halogens is 1. The molecule has 7 nitrogen and oxygen atoms in total. The molecule has 34 heavy (non-hydrogen) atoms. The maximum Gasteiger partial charge on any atom is 0.317 e. The lowest BCUT2D eigenvalue weighted by Gasteiger charge is -2.37. The van der Waals surface area contributed by atoms with Gasteiger partial charge in [-0.1, -0.05) is 30.3 Å². The van der Waals surface area contributed by atoms with Crippen molar-refractivity contribution in [3.05, 3.63) is 77.1 Å². The topological polar surface area (TPSA) is 90.9 Å². The second-order valence-corrected chi connectivity index (χ2v) is 8.28. The molecule has 0 aromatic heterocycles. The zero-order valence-electron chi connectivity index (χ0n) is 19.6. The van der Waals surface area contributed by atoms with E-state index in [4.69, 9.17) is 9.84 Å². The fraction of sp³-hybridized carbons (Fsp3) is 0.385. The van der Waals surface area contributed by atoms with Crippen LogP contribution in [0.2, 0.25) is 0 Å². The van der Waals surface area contributed by atoms with Crippen LogP contribution >= 0.6 is 0 Å². The lowest BCUT2D eigenvalue weighted by Crippen LogP contribution is -2.49. The molecule has 0 spiro atoms. The van der Waals surface area contributed by atoms with Gasteiger partial charge in [0.2, 0.25) is 5.91 Å². The first-order chi connectivity index (χ1) is 16.4. The first-order valence-electron chi connectivity index (χ1n) is 11.5. The van der Waals surface area contributed by atoms with E-state index in [9.17, 15) is 14.0 Å². The van der Waals surface area contributed by atoms with Gasteiger partial charge in [0.25, 0.3) is 0 Å². The normalized spacial score (nSPS) is 17.5. The Labute approximate surface area is 199 Å². The number of aliphatic hydroxyl groups is 1. The quantitative estimate of drug-likeness (QED) is 0.526. The molecule has 2 unspecified atom stereocenters. The number of amides is 3. The third-order valence-electron chi connectivity index (χ3n) is 5.70. The summed E-state index contributed by atoms with van der Waals surface area (Å²) in [5, 5.41) is 14.6. The van der Waals surface area contributed by atoms with Gasteiger partial charge in [0.05, 0.1) is 6.61 Å². The zero-order chi connectivity index (χ0) is 24.5. The van der Waals surface area contributed by atoms with E-state index in [1.807, 2.05) is 38.1 Å². The SMILES string of the molecule is CCNC(=O)N(Cc1ccc(F)cc1)C1CC(C(=O)NCCO)=CC(Oc2ccccc2C)C1. The summed E-state index contributed by atoms with van der Waals surface area (Å²) in [6, 6.07) is 13.1. The molecular formula is C26H32FN3O4. The molecule has 1 aliphatic rings.